The summed E-state index contributed by atoms with van der Waals surface area (Å²) in [6.07, 6.45) is 6.06. The third-order valence-electron chi connectivity index (χ3n) is 3.33. The van der Waals surface area contributed by atoms with Crippen LogP contribution in [0.2, 0.25) is 0 Å². The molecular formula is C14H17FN2O. The van der Waals surface area contributed by atoms with Crippen molar-refractivity contribution in [1.29, 1.82) is 0 Å². The highest BCUT2D eigenvalue weighted by molar-refractivity contribution is 5.33. The van der Waals surface area contributed by atoms with Crippen molar-refractivity contribution in [3.8, 4) is 0 Å². The van der Waals surface area contributed by atoms with Crippen LogP contribution in [0, 0.1) is 5.82 Å². The van der Waals surface area contributed by atoms with Crippen molar-refractivity contribution in [2.45, 2.75) is 18.1 Å². The van der Waals surface area contributed by atoms with Crippen molar-refractivity contribution in [1.82, 2.24) is 0 Å². The fourth-order valence-corrected chi connectivity index (χ4v) is 2.17. The number of hydrogen-bond acceptors (Lipinski definition) is 3. The molecule has 0 heterocycles. The molecule has 4 heteroatoms. The van der Waals surface area contributed by atoms with Crippen molar-refractivity contribution in [3.05, 3.63) is 59.6 Å². The molecule has 96 valence electrons. The summed E-state index contributed by atoms with van der Waals surface area (Å²) >= 11 is 0. The minimum Gasteiger partial charge on any atom is -0.401 e. The first-order valence-electron chi connectivity index (χ1n) is 5.77. The Hall–Kier alpha value is -1.65. The first kappa shape index (κ1) is 12.8. The molecule has 1 aromatic carbocycles. The summed E-state index contributed by atoms with van der Waals surface area (Å²) < 4.78 is 18.5. The molecule has 0 bridgehead atoms. The summed E-state index contributed by atoms with van der Waals surface area (Å²) in [5.74, 6) is -0.256. The van der Waals surface area contributed by atoms with Gasteiger partial charge in [-0.1, -0.05) is 24.3 Å². The molecule has 0 radical (unpaired) electrons. The highest BCUT2D eigenvalue weighted by Gasteiger charge is 2.37. The number of benzene rings is 1. The number of rotatable bonds is 3. The van der Waals surface area contributed by atoms with Gasteiger partial charge in [0.25, 0.3) is 0 Å². The van der Waals surface area contributed by atoms with Gasteiger partial charge in [0, 0.05) is 19.2 Å². The predicted molar refractivity (Wildman–Crippen MR) is 69.2 cm³/mol. The van der Waals surface area contributed by atoms with Gasteiger partial charge in [-0.25, -0.2) is 4.39 Å². The van der Waals surface area contributed by atoms with Gasteiger partial charge in [0.2, 0.25) is 0 Å². The first-order chi connectivity index (χ1) is 8.57. The SMILES string of the molecule is COC1(Cc2ccc(F)cc2)C=CC=C(N)C1N. The number of methoxy groups -OCH3 is 1. The number of ether oxygens (including phenoxy) is 1. The minimum atomic E-state index is -0.670. The van der Waals surface area contributed by atoms with Crippen LogP contribution in [0.25, 0.3) is 0 Å². The highest BCUT2D eigenvalue weighted by Crippen LogP contribution is 2.27. The lowest BCUT2D eigenvalue weighted by molar-refractivity contribution is 0.0180. The molecule has 1 aliphatic carbocycles. The smallest absolute Gasteiger partial charge is 0.123 e. The van der Waals surface area contributed by atoms with Gasteiger partial charge in [-0.05, 0) is 23.8 Å². The van der Waals surface area contributed by atoms with E-state index in [0.29, 0.717) is 12.1 Å². The fourth-order valence-electron chi connectivity index (χ4n) is 2.17. The van der Waals surface area contributed by atoms with Crippen LogP contribution < -0.4 is 11.5 Å². The molecule has 0 fully saturated rings. The van der Waals surface area contributed by atoms with Gasteiger partial charge in [-0.2, -0.15) is 0 Å². The second-order valence-corrected chi connectivity index (χ2v) is 4.47. The van der Waals surface area contributed by atoms with Gasteiger partial charge in [0.15, 0.2) is 0 Å². The predicted octanol–water partition coefficient (Wildman–Crippen LogP) is 1.49. The molecule has 2 rings (SSSR count). The monoisotopic (exact) mass is 248 g/mol. The standard InChI is InChI=1S/C14H17FN2O/c1-18-14(8-2-3-12(16)13(14)17)9-10-4-6-11(15)7-5-10/h2-8,13H,9,16-17H2,1H3. The molecule has 0 amide bonds. The zero-order chi connectivity index (χ0) is 13.2. The molecule has 3 nitrogen and oxygen atoms in total. The van der Waals surface area contributed by atoms with E-state index in [-0.39, 0.29) is 5.82 Å². The molecule has 2 atom stereocenters. The van der Waals surface area contributed by atoms with Crippen molar-refractivity contribution < 1.29 is 9.13 Å². The minimum absolute atomic E-state index is 0.256. The molecule has 4 N–H and O–H groups in total. The Morgan fingerprint density at radius 1 is 1.33 bits per heavy atom. The molecule has 0 saturated heterocycles. The van der Waals surface area contributed by atoms with E-state index in [1.54, 1.807) is 25.3 Å². The maximum atomic E-state index is 12.9. The maximum Gasteiger partial charge on any atom is 0.123 e. The molecule has 0 aromatic heterocycles. The second kappa shape index (κ2) is 4.92. The van der Waals surface area contributed by atoms with Crippen LogP contribution in [0.3, 0.4) is 0 Å². The Labute approximate surface area is 106 Å². The largest absolute Gasteiger partial charge is 0.401 e. The molecule has 0 aliphatic heterocycles. The van der Waals surface area contributed by atoms with Crippen molar-refractivity contribution in [2.24, 2.45) is 11.5 Å². The van der Waals surface area contributed by atoms with Crippen LogP contribution in [0.5, 0.6) is 0 Å². The lowest BCUT2D eigenvalue weighted by atomic mass is 9.83. The number of hydrogen-bond donors (Lipinski definition) is 2. The Morgan fingerprint density at radius 3 is 2.61 bits per heavy atom. The average Bonchev–Trinajstić information content (AvgIpc) is 2.38. The molecule has 0 saturated carbocycles. The molecule has 1 aliphatic rings. The van der Waals surface area contributed by atoms with E-state index in [0.717, 1.165) is 5.56 Å². The zero-order valence-electron chi connectivity index (χ0n) is 10.3. The van der Waals surface area contributed by atoms with Gasteiger partial charge in [-0.3, -0.25) is 0 Å². The maximum absolute atomic E-state index is 12.9. The van der Waals surface area contributed by atoms with E-state index in [4.69, 9.17) is 16.2 Å². The number of allylic oxidation sites excluding steroid dienone is 2. The highest BCUT2D eigenvalue weighted by atomic mass is 19.1. The van der Waals surface area contributed by atoms with E-state index in [2.05, 4.69) is 0 Å². The third kappa shape index (κ3) is 2.30. The van der Waals surface area contributed by atoms with Gasteiger partial charge < -0.3 is 16.2 Å². The summed E-state index contributed by atoms with van der Waals surface area (Å²) in [7, 11) is 1.60. The van der Waals surface area contributed by atoms with Crippen LogP contribution in [0.15, 0.2) is 48.2 Å². The Bertz CT molecular complexity index is 481. The normalized spacial score (nSPS) is 27.1. The summed E-state index contributed by atoms with van der Waals surface area (Å²) in [6.45, 7) is 0. The van der Waals surface area contributed by atoms with E-state index < -0.39 is 11.6 Å². The molecule has 1 aromatic rings. The fraction of sp³-hybridized carbons (Fsp3) is 0.286. The lowest BCUT2D eigenvalue weighted by Crippen LogP contribution is -2.53. The van der Waals surface area contributed by atoms with E-state index in [1.165, 1.54) is 12.1 Å². The van der Waals surface area contributed by atoms with E-state index in [1.807, 2.05) is 12.2 Å². The van der Waals surface area contributed by atoms with Gasteiger partial charge in [-0.15, -0.1) is 0 Å². The first-order valence-corrected chi connectivity index (χ1v) is 5.77. The molecular weight excluding hydrogens is 231 g/mol. The summed E-state index contributed by atoms with van der Waals surface area (Å²) in [5, 5.41) is 0. The average molecular weight is 248 g/mol. The van der Waals surface area contributed by atoms with Crippen LogP contribution in [0.4, 0.5) is 4.39 Å². The van der Waals surface area contributed by atoms with Crippen molar-refractivity contribution >= 4 is 0 Å². The Balaban J connectivity index is 2.26. The Kier molecular flexibility index (Phi) is 3.50. The van der Waals surface area contributed by atoms with Crippen LogP contribution in [0.1, 0.15) is 5.56 Å². The Morgan fingerprint density at radius 2 is 2.00 bits per heavy atom. The molecule has 0 spiro atoms. The van der Waals surface area contributed by atoms with Crippen LogP contribution >= 0.6 is 0 Å². The zero-order valence-corrected chi connectivity index (χ0v) is 10.3. The summed E-state index contributed by atoms with van der Waals surface area (Å²) in [6, 6.07) is 5.90. The third-order valence-corrected chi connectivity index (χ3v) is 3.33. The van der Waals surface area contributed by atoms with Crippen molar-refractivity contribution in [3.63, 3.8) is 0 Å². The second-order valence-electron chi connectivity index (χ2n) is 4.47. The molecule has 18 heavy (non-hydrogen) atoms. The summed E-state index contributed by atoms with van der Waals surface area (Å²) in [4.78, 5) is 0. The summed E-state index contributed by atoms with van der Waals surface area (Å²) in [5.41, 5.74) is 12.8. The van der Waals surface area contributed by atoms with Gasteiger partial charge >= 0.3 is 0 Å². The van der Waals surface area contributed by atoms with E-state index >= 15 is 0 Å². The quantitative estimate of drug-likeness (QED) is 0.852. The lowest BCUT2D eigenvalue weighted by Gasteiger charge is -2.37. The van der Waals surface area contributed by atoms with Gasteiger partial charge in [0.05, 0.1) is 6.04 Å². The van der Waals surface area contributed by atoms with Gasteiger partial charge in [0.1, 0.15) is 11.4 Å². The topological polar surface area (TPSA) is 61.3 Å². The van der Waals surface area contributed by atoms with Crippen molar-refractivity contribution in [2.75, 3.05) is 7.11 Å². The number of halogens is 1. The van der Waals surface area contributed by atoms with Crippen LogP contribution in [-0.4, -0.2) is 18.8 Å². The number of nitrogens with two attached hydrogens (primary N) is 2. The van der Waals surface area contributed by atoms with Crippen LogP contribution in [-0.2, 0) is 11.2 Å². The van der Waals surface area contributed by atoms with E-state index in [9.17, 15) is 4.39 Å². The molecule has 2 unspecified atom stereocenters.